The molecule has 4 rings (SSSR count). The number of anilines is 1. The highest BCUT2D eigenvalue weighted by atomic mass is 32.1. The molecule has 2 aromatic rings. The van der Waals surface area contributed by atoms with Crippen molar-refractivity contribution < 1.29 is 4.79 Å². The number of amides is 1. The Morgan fingerprint density at radius 3 is 2.62 bits per heavy atom. The molecule has 1 N–H and O–H groups in total. The summed E-state index contributed by atoms with van der Waals surface area (Å²) in [4.78, 5) is 20.9. The van der Waals surface area contributed by atoms with Crippen molar-refractivity contribution in [1.82, 2.24) is 19.7 Å². The van der Waals surface area contributed by atoms with Gasteiger partial charge in [-0.25, -0.2) is 9.67 Å². The van der Waals surface area contributed by atoms with Gasteiger partial charge in [0, 0.05) is 24.2 Å². The SMILES string of the molecule is Cc1cnc(C2CC(C)(C)n3ncc(C(=O)N4CCCCCC4)c3N2)s1. The second kappa shape index (κ2) is 6.68. The summed E-state index contributed by atoms with van der Waals surface area (Å²) in [5, 5.41) is 9.22. The summed E-state index contributed by atoms with van der Waals surface area (Å²) < 4.78 is 1.98. The molecule has 140 valence electrons. The molecule has 1 saturated heterocycles. The van der Waals surface area contributed by atoms with Crippen molar-refractivity contribution in [2.45, 2.75) is 64.5 Å². The van der Waals surface area contributed by atoms with E-state index in [0.717, 1.165) is 43.2 Å². The minimum absolute atomic E-state index is 0.104. The van der Waals surface area contributed by atoms with E-state index in [2.05, 4.69) is 36.2 Å². The molecule has 4 heterocycles. The van der Waals surface area contributed by atoms with Gasteiger partial charge in [-0.05, 0) is 40.0 Å². The number of hydrogen-bond donors (Lipinski definition) is 1. The van der Waals surface area contributed by atoms with Crippen LogP contribution in [0.4, 0.5) is 5.82 Å². The topological polar surface area (TPSA) is 63.1 Å². The van der Waals surface area contributed by atoms with Crippen molar-refractivity contribution in [3.8, 4) is 0 Å². The van der Waals surface area contributed by atoms with Crippen LogP contribution in [0.1, 0.15) is 72.2 Å². The first-order valence-electron chi connectivity index (χ1n) is 9.52. The fourth-order valence-electron chi connectivity index (χ4n) is 4.03. The predicted octanol–water partition coefficient (Wildman–Crippen LogP) is 3.96. The minimum Gasteiger partial charge on any atom is -0.360 e. The van der Waals surface area contributed by atoms with Gasteiger partial charge >= 0.3 is 0 Å². The van der Waals surface area contributed by atoms with E-state index in [0.29, 0.717) is 5.56 Å². The van der Waals surface area contributed by atoms with Gasteiger partial charge in [0.15, 0.2) is 0 Å². The van der Waals surface area contributed by atoms with E-state index in [1.54, 1.807) is 17.5 Å². The standard InChI is InChI=1S/C19H27N5OS/c1-13-11-20-17(26-13)15-10-19(2,3)24-16(22-15)14(12-21-24)18(25)23-8-6-4-5-7-9-23/h11-12,15,22H,4-10H2,1-3H3. The number of aromatic nitrogens is 3. The number of nitrogens with one attached hydrogen (secondary N) is 1. The highest BCUT2D eigenvalue weighted by Gasteiger charge is 2.38. The van der Waals surface area contributed by atoms with Crippen LogP contribution in [-0.2, 0) is 5.54 Å². The number of hydrogen-bond acceptors (Lipinski definition) is 5. The Bertz CT molecular complexity index is 801. The lowest BCUT2D eigenvalue weighted by molar-refractivity contribution is 0.0762. The summed E-state index contributed by atoms with van der Waals surface area (Å²) in [6.07, 6.45) is 9.17. The molecule has 0 spiro atoms. The van der Waals surface area contributed by atoms with Gasteiger partial charge in [-0.2, -0.15) is 5.10 Å². The first-order valence-corrected chi connectivity index (χ1v) is 10.3. The molecule has 1 atom stereocenters. The highest BCUT2D eigenvalue weighted by Crippen LogP contribution is 2.41. The van der Waals surface area contributed by atoms with Crippen molar-refractivity contribution in [1.29, 1.82) is 0 Å². The smallest absolute Gasteiger partial charge is 0.259 e. The monoisotopic (exact) mass is 373 g/mol. The summed E-state index contributed by atoms with van der Waals surface area (Å²) in [5.74, 6) is 0.945. The number of likely N-dealkylation sites (tertiary alicyclic amines) is 1. The number of carbonyl (C=O) groups is 1. The number of rotatable bonds is 2. The summed E-state index contributed by atoms with van der Waals surface area (Å²) in [7, 11) is 0. The van der Waals surface area contributed by atoms with Crippen molar-refractivity contribution in [3.05, 3.63) is 27.8 Å². The molecule has 1 unspecified atom stereocenters. The zero-order chi connectivity index (χ0) is 18.3. The fourth-order valence-corrected chi connectivity index (χ4v) is 4.86. The Balaban J connectivity index is 1.66. The third-order valence-corrected chi connectivity index (χ3v) is 6.44. The average molecular weight is 374 g/mol. The van der Waals surface area contributed by atoms with E-state index in [-0.39, 0.29) is 17.5 Å². The summed E-state index contributed by atoms with van der Waals surface area (Å²) >= 11 is 1.72. The zero-order valence-corrected chi connectivity index (χ0v) is 16.6. The quantitative estimate of drug-likeness (QED) is 0.865. The molecular formula is C19H27N5OS. The number of nitrogens with zero attached hydrogens (tertiary/aromatic N) is 4. The fraction of sp³-hybridized carbons (Fsp3) is 0.632. The van der Waals surface area contributed by atoms with Crippen LogP contribution < -0.4 is 5.32 Å². The van der Waals surface area contributed by atoms with Crippen LogP contribution in [0.25, 0.3) is 0 Å². The molecule has 0 aliphatic carbocycles. The third kappa shape index (κ3) is 3.13. The van der Waals surface area contributed by atoms with Gasteiger partial charge in [-0.3, -0.25) is 4.79 Å². The maximum Gasteiger partial charge on any atom is 0.259 e. The Kier molecular flexibility index (Phi) is 4.50. The van der Waals surface area contributed by atoms with Gasteiger partial charge in [0.2, 0.25) is 0 Å². The lowest BCUT2D eigenvalue weighted by Gasteiger charge is -2.37. The molecule has 2 aromatic heterocycles. The maximum absolute atomic E-state index is 13.2. The molecule has 1 fully saturated rings. The van der Waals surface area contributed by atoms with Crippen LogP contribution >= 0.6 is 11.3 Å². The molecule has 0 bridgehead atoms. The number of aryl methyl sites for hydroxylation is 1. The largest absolute Gasteiger partial charge is 0.360 e. The lowest BCUT2D eigenvalue weighted by Crippen LogP contribution is -2.39. The van der Waals surface area contributed by atoms with E-state index in [4.69, 9.17) is 0 Å². The Morgan fingerprint density at radius 1 is 1.23 bits per heavy atom. The van der Waals surface area contributed by atoms with Crippen molar-refractivity contribution in [2.24, 2.45) is 0 Å². The lowest BCUT2D eigenvalue weighted by atomic mass is 9.93. The molecular weight excluding hydrogens is 346 g/mol. The van der Waals surface area contributed by atoms with E-state index in [9.17, 15) is 4.79 Å². The summed E-state index contributed by atoms with van der Waals surface area (Å²) in [6.45, 7) is 8.13. The van der Waals surface area contributed by atoms with Gasteiger partial charge in [-0.1, -0.05) is 12.8 Å². The van der Waals surface area contributed by atoms with Gasteiger partial charge in [0.25, 0.3) is 5.91 Å². The van der Waals surface area contributed by atoms with Gasteiger partial charge in [0.1, 0.15) is 16.4 Å². The molecule has 0 radical (unpaired) electrons. The van der Waals surface area contributed by atoms with Crippen molar-refractivity contribution in [3.63, 3.8) is 0 Å². The van der Waals surface area contributed by atoms with Crippen LogP contribution in [0.3, 0.4) is 0 Å². The molecule has 0 aromatic carbocycles. The molecule has 0 saturated carbocycles. The van der Waals surface area contributed by atoms with Gasteiger partial charge in [-0.15, -0.1) is 11.3 Å². The van der Waals surface area contributed by atoms with Crippen LogP contribution in [-0.4, -0.2) is 38.7 Å². The summed E-state index contributed by atoms with van der Waals surface area (Å²) in [6, 6.07) is 0.114. The number of fused-ring (bicyclic) bond motifs is 1. The van der Waals surface area contributed by atoms with Crippen LogP contribution in [0, 0.1) is 6.92 Å². The maximum atomic E-state index is 13.2. The first kappa shape index (κ1) is 17.5. The van der Waals surface area contributed by atoms with E-state index >= 15 is 0 Å². The normalized spacial score (nSPS) is 22.4. The number of thiazole rings is 1. The minimum atomic E-state index is -0.165. The van der Waals surface area contributed by atoms with Crippen LogP contribution in [0.15, 0.2) is 12.4 Å². The third-order valence-electron chi connectivity index (χ3n) is 5.42. The predicted molar refractivity (Wildman–Crippen MR) is 104 cm³/mol. The Morgan fingerprint density at radius 2 is 1.96 bits per heavy atom. The Labute approximate surface area is 158 Å². The second-order valence-electron chi connectivity index (χ2n) is 8.05. The van der Waals surface area contributed by atoms with Crippen molar-refractivity contribution >= 4 is 23.1 Å². The van der Waals surface area contributed by atoms with Crippen LogP contribution in [0.2, 0.25) is 0 Å². The van der Waals surface area contributed by atoms with Crippen LogP contribution in [0.5, 0.6) is 0 Å². The second-order valence-corrected chi connectivity index (χ2v) is 9.31. The molecule has 26 heavy (non-hydrogen) atoms. The molecule has 7 heteroatoms. The van der Waals surface area contributed by atoms with E-state index in [1.807, 2.05) is 15.8 Å². The van der Waals surface area contributed by atoms with Gasteiger partial charge in [0.05, 0.1) is 17.8 Å². The summed E-state index contributed by atoms with van der Waals surface area (Å²) in [5.41, 5.74) is 0.528. The van der Waals surface area contributed by atoms with E-state index in [1.165, 1.54) is 17.7 Å². The van der Waals surface area contributed by atoms with Crippen molar-refractivity contribution in [2.75, 3.05) is 18.4 Å². The molecule has 2 aliphatic heterocycles. The molecule has 6 nitrogen and oxygen atoms in total. The number of carbonyl (C=O) groups excluding carboxylic acids is 1. The van der Waals surface area contributed by atoms with Gasteiger partial charge < -0.3 is 10.2 Å². The van der Waals surface area contributed by atoms with E-state index < -0.39 is 0 Å². The molecule has 1 amide bonds. The average Bonchev–Trinajstić information content (AvgIpc) is 3.12. The molecule has 2 aliphatic rings. The highest BCUT2D eigenvalue weighted by molar-refractivity contribution is 7.11. The zero-order valence-electron chi connectivity index (χ0n) is 15.8. The Hall–Kier alpha value is -1.89. The first-order chi connectivity index (χ1) is 12.5.